The molecular formula is C14H22FNO. The van der Waals surface area contributed by atoms with Gasteiger partial charge in [0.15, 0.2) is 0 Å². The maximum Gasteiger partial charge on any atom is 0.126 e. The molecule has 3 heteroatoms. The van der Waals surface area contributed by atoms with Crippen molar-refractivity contribution in [3.8, 4) is 5.75 Å². The molecule has 2 N–H and O–H groups in total. The maximum atomic E-state index is 12.9. The van der Waals surface area contributed by atoms with Gasteiger partial charge in [-0.15, -0.1) is 0 Å². The van der Waals surface area contributed by atoms with E-state index in [2.05, 4.69) is 20.8 Å². The van der Waals surface area contributed by atoms with Gasteiger partial charge >= 0.3 is 0 Å². The second-order valence-electron chi connectivity index (χ2n) is 5.63. The highest BCUT2D eigenvalue weighted by molar-refractivity contribution is 5.22. The number of benzene rings is 1. The zero-order valence-electron chi connectivity index (χ0n) is 10.9. The summed E-state index contributed by atoms with van der Waals surface area (Å²) < 4.78 is 18.5. The predicted octanol–water partition coefficient (Wildman–Crippen LogP) is 3.22. The first-order chi connectivity index (χ1) is 7.90. The van der Waals surface area contributed by atoms with Crippen LogP contribution < -0.4 is 10.5 Å². The molecule has 17 heavy (non-hydrogen) atoms. The van der Waals surface area contributed by atoms with E-state index in [-0.39, 0.29) is 11.2 Å². The van der Waals surface area contributed by atoms with Crippen molar-refractivity contribution in [2.75, 3.05) is 13.2 Å². The fourth-order valence-electron chi connectivity index (χ4n) is 1.85. The summed E-state index contributed by atoms with van der Waals surface area (Å²) in [5.41, 5.74) is 5.95. The lowest BCUT2D eigenvalue weighted by Crippen LogP contribution is -2.26. The van der Waals surface area contributed by atoms with Gasteiger partial charge in [-0.2, -0.15) is 0 Å². The number of ether oxygens (including phenoxy) is 1. The molecule has 1 rings (SSSR count). The number of nitrogens with two attached hydrogens (primary N) is 1. The second kappa shape index (κ2) is 6.01. The molecule has 0 bridgehead atoms. The van der Waals surface area contributed by atoms with E-state index in [0.717, 1.165) is 6.42 Å². The minimum Gasteiger partial charge on any atom is -0.493 e. The third kappa shape index (κ3) is 5.68. The largest absolute Gasteiger partial charge is 0.493 e. The van der Waals surface area contributed by atoms with Crippen molar-refractivity contribution in [1.29, 1.82) is 0 Å². The van der Waals surface area contributed by atoms with Crippen LogP contribution in [0.1, 0.15) is 27.2 Å². The van der Waals surface area contributed by atoms with Crippen molar-refractivity contribution in [2.45, 2.75) is 27.2 Å². The SMILES string of the molecule is CC(C)(C)CC(CN)COc1cccc(F)c1. The average molecular weight is 239 g/mol. The van der Waals surface area contributed by atoms with Crippen LogP contribution in [-0.4, -0.2) is 13.2 Å². The van der Waals surface area contributed by atoms with E-state index in [4.69, 9.17) is 10.5 Å². The monoisotopic (exact) mass is 239 g/mol. The Bertz CT molecular complexity index is 346. The van der Waals surface area contributed by atoms with Crippen molar-refractivity contribution in [3.63, 3.8) is 0 Å². The van der Waals surface area contributed by atoms with Gasteiger partial charge in [0.2, 0.25) is 0 Å². The van der Waals surface area contributed by atoms with Gasteiger partial charge in [0, 0.05) is 12.0 Å². The molecule has 0 aliphatic heterocycles. The molecule has 1 unspecified atom stereocenters. The van der Waals surface area contributed by atoms with Gasteiger partial charge in [-0.1, -0.05) is 26.8 Å². The summed E-state index contributed by atoms with van der Waals surface area (Å²) in [6, 6.07) is 6.20. The third-order valence-electron chi connectivity index (χ3n) is 2.52. The van der Waals surface area contributed by atoms with Crippen LogP contribution in [0.25, 0.3) is 0 Å². The zero-order valence-corrected chi connectivity index (χ0v) is 10.9. The lowest BCUT2D eigenvalue weighted by atomic mass is 9.85. The van der Waals surface area contributed by atoms with Crippen LogP contribution in [0.3, 0.4) is 0 Å². The van der Waals surface area contributed by atoms with E-state index < -0.39 is 0 Å². The van der Waals surface area contributed by atoms with Gasteiger partial charge in [-0.3, -0.25) is 0 Å². The van der Waals surface area contributed by atoms with E-state index in [1.54, 1.807) is 12.1 Å². The molecule has 0 amide bonds. The Hall–Kier alpha value is -1.09. The van der Waals surface area contributed by atoms with Crippen LogP contribution in [0.2, 0.25) is 0 Å². The Morgan fingerprint density at radius 1 is 1.35 bits per heavy atom. The molecule has 0 saturated carbocycles. The third-order valence-corrected chi connectivity index (χ3v) is 2.52. The fraction of sp³-hybridized carbons (Fsp3) is 0.571. The molecule has 0 saturated heterocycles. The van der Waals surface area contributed by atoms with Gasteiger partial charge in [-0.25, -0.2) is 4.39 Å². The summed E-state index contributed by atoms with van der Waals surface area (Å²) in [5.74, 6) is 0.596. The molecule has 0 radical (unpaired) electrons. The Morgan fingerprint density at radius 2 is 2.06 bits per heavy atom. The molecule has 0 aliphatic rings. The molecule has 1 aromatic rings. The standard InChI is InChI=1S/C14H22FNO/c1-14(2,3)8-11(9-16)10-17-13-6-4-5-12(15)7-13/h4-7,11H,8-10,16H2,1-3H3. The normalized spacial score (nSPS) is 13.5. The summed E-state index contributed by atoms with van der Waals surface area (Å²) in [7, 11) is 0. The molecule has 2 nitrogen and oxygen atoms in total. The number of rotatable bonds is 5. The summed E-state index contributed by atoms with van der Waals surface area (Å²) in [6.45, 7) is 7.66. The highest BCUT2D eigenvalue weighted by Crippen LogP contribution is 2.24. The van der Waals surface area contributed by atoms with E-state index in [9.17, 15) is 4.39 Å². The second-order valence-corrected chi connectivity index (χ2v) is 5.63. The van der Waals surface area contributed by atoms with Crippen LogP contribution in [0.5, 0.6) is 5.75 Å². The van der Waals surface area contributed by atoms with Gasteiger partial charge in [0.25, 0.3) is 0 Å². The smallest absolute Gasteiger partial charge is 0.126 e. The van der Waals surface area contributed by atoms with Crippen LogP contribution in [0.15, 0.2) is 24.3 Å². The Kier molecular flexibility index (Phi) is 4.94. The molecule has 96 valence electrons. The summed E-state index contributed by atoms with van der Waals surface area (Å²) in [4.78, 5) is 0. The van der Waals surface area contributed by atoms with Gasteiger partial charge in [-0.05, 0) is 30.5 Å². The molecular weight excluding hydrogens is 217 g/mol. The molecule has 0 aliphatic carbocycles. The van der Waals surface area contributed by atoms with E-state index >= 15 is 0 Å². The first kappa shape index (κ1) is 14.0. The highest BCUT2D eigenvalue weighted by Gasteiger charge is 2.18. The first-order valence-corrected chi connectivity index (χ1v) is 5.99. The quantitative estimate of drug-likeness (QED) is 0.856. The molecule has 0 spiro atoms. The first-order valence-electron chi connectivity index (χ1n) is 5.99. The van der Waals surface area contributed by atoms with Crippen molar-refractivity contribution in [1.82, 2.24) is 0 Å². The van der Waals surface area contributed by atoms with Crippen molar-refractivity contribution in [3.05, 3.63) is 30.1 Å². The van der Waals surface area contributed by atoms with Crippen LogP contribution in [0.4, 0.5) is 4.39 Å². The van der Waals surface area contributed by atoms with E-state index in [1.807, 2.05) is 0 Å². The summed E-state index contributed by atoms with van der Waals surface area (Å²) >= 11 is 0. The number of hydrogen-bond donors (Lipinski definition) is 1. The maximum absolute atomic E-state index is 12.9. The molecule has 0 fully saturated rings. The van der Waals surface area contributed by atoms with Crippen LogP contribution in [-0.2, 0) is 0 Å². The zero-order chi connectivity index (χ0) is 12.9. The van der Waals surface area contributed by atoms with E-state index in [1.165, 1.54) is 12.1 Å². The van der Waals surface area contributed by atoms with Crippen molar-refractivity contribution in [2.24, 2.45) is 17.1 Å². The Labute approximate surface area is 103 Å². The molecule has 0 aromatic heterocycles. The lowest BCUT2D eigenvalue weighted by Gasteiger charge is -2.25. The summed E-state index contributed by atoms with van der Waals surface area (Å²) in [6.07, 6.45) is 0.999. The fourth-order valence-corrected chi connectivity index (χ4v) is 1.85. The summed E-state index contributed by atoms with van der Waals surface area (Å²) in [5, 5.41) is 0. The predicted molar refractivity (Wildman–Crippen MR) is 68.5 cm³/mol. The average Bonchev–Trinajstić information content (AvgIpc) is 2.23. The van der Waals surface area contributed by atoms with Gasteiger partial charge in [0.05, 0.1) is 6.61 Å². The van der Waals surface area contributed by atoms with Crippen molar-refractivity contribution < 1.29 is 9.13 Å². The van der Waals surface area contributed by atoms with Crippen LogP contribution >= 0.6 is 0 Å². The minimum atomic E-state index is -0.275. The Morgan fingerprint density at radius 3 is 2.59 bits per heavy atom. The highest BCUT2D eigenvalue weighted by atomic mass is 19.1. The van der Waals surface area contributed by atoms with Gasteiger partial charge in [0.1, 0.15) is 11.6 Å². The molecule has 0 heterocycles. The number of halogens is 1. The topological polar surface area (TPSA) is 35.2 Å². The number of hydrogen-bond acceptors (Lipinski definition) is 2. The van der Waals surface area contributed by atoms with Crippen LogP contribution in [0, 0.1) is 17.2 Å². The molecule has 1 aromatic carbocycles. The van der Waals surface area contributed by atoms with Crippen molar-refractivity contribution >= 4 is 0 Å². The lowest BCUT2D eigenvalue weighted by molar-refractivity contribution is 0.199. The van der Waals surface area contributed by atoms with E-state index in [0.29, 0.717) is 24.8 Å². The molecule has 1 atom stereocenters. The Balaban J connectivity index is 2.48. The van der Waals surface area contributed by atoms with Gasteiger partial charge < -0.3 is 10.5 Å². The minimum absolute atomic E-state index is 0.231.